The second kappa shape index (κ2) is 6.97. The lowest BCUT2D eigenvalue weighted by Crippen LogP contribution is -2.40. The van der Waals surface area contributed by atoms with E-state index in [0.717, 1.165) is 21.8 Å². The molecular formula is C18H18N2O3S. The number of carboxylic acid groups (broad SMARTS) is 1. The van der Waals surface area contributed by atoms with Crippen molar-refractivity contribution in [1.82, 2.24) is 10.3 Å². The third-order valence-electron chi connectivity index (χ3n) is 4.08. The fourth-order valence-electron chi connectivity index (χ4n) is 2.61. The molecule has 2 aromatic rings. The van der Waals surface area contributed by atoms with Crippen LogP contribution in [0.5, 0.6) is 0 Å². The fraction of sp³-hybridized carbons (Fsp3) is 0.278. The number of thiazole rings is 1. The van der Waals surface area contributed by atoms with Crippen molar-refractivity contribution < 1.29 is 14.7 Å². The number of hydrogen-bond acceptors (Lipinski definition) is 4. The van der Waals surface area contributed by atoms with Gasteiger partial charge in [-0.15, -0.1) is 11.3 Å². The summed E-state index contributed by atoms with van der Waals surface area (Å²) in [7, 11) is 0. The van der Waals surface area contributed by atoms with Crippen LogP contribution in [0.25, 0.3) is 11.3 Å². The van der Waals surface area contributed by atoms with Gasteiger partial charge in [0.15, 0.2) is 0 Å². The minimum absolute atomic E-state index is 0.223. The van der Waals surface area contributed by atoms with Crippen LogP contribution < -0.4 is 5.32 Å². The Morgan fingerprint density at radius 2 is 1.92 bits per heavy atom. The van der Waals surface area contributed by atoms with Crippen molar-refractivity contribution in [1.29, 1.82) is 0 Å². The number of nitrogens with zero attached hydrogens (tertiary/aromatic N) is 1. The molecule has 1 aliphatic rings. The van der Waals surface area contributed by atoms with Gasteiger partial charge in [0.25, 0.3) is 0 Å². The van der Waals surface area contributed by atoms with E-state index < -0.39 is 17.8 Å². The molecule has 1 aliphatic carbocycles. The molecule has 1 heterocycles. The normalized spacial score (nSPS) is 18.9. The number of rotatable bonds is 6. The van der Waals surface area contributed by atoms with Crippen LogP contribution in [0, 0.1) is 18.8 Å². The molecule has 2 N–H and O–H groups in total. The van der Waals surface area contributed by atoms with Gasteiger partial charge in [0.2, 0.25) is 5.91 Å². The van der Waals surface area contributed by atoms with E-state index in [1.165, 1.54) is 0 Å². The average Bonchev–Trinajstić information content (AvgIpc) is 2.93. The molecule has 5 nitrogen and oxygen atoms in total. The molecule has 3 rings (SSSR count). The summed E-state index contributed by atoms with van der Waals surface area (Å²) in [5.41, 5.74) is 3.18. The zero-order valence-corrected chi connectivity index (χ0v) is 14.0. The molecule has 0 fully saturated rings. The SMILES string of the molecule is Cc1nc(-c2ccc(CCNC(=O)[C@@H]3C=C[C@@H]3C(=O)O)cc2)cs1. The van der Waals surface area contributed by atoms with Gasteiger partial charge in [0.05, 0.1) is 22.5 Å². The number of amides is 1. The highest BCUT2D eigenvalue weighted by molar-refractivity contribution is 7.09. The van der Waals surface area contributed by atoms with Crippen molar-refractivity contribution in [3.8, 4) is 11.3 Å². The van der Waals surface area contributed by atoms with Gasteiger partial charge in [-0.2, -0.15) is 0 Å². The molecule has 0 radical (unpaired) electrons. The Balaban J connectivity index is 1.50. The highest BCUT2D eigenvalue weighted by atomic mass is 32.1. The average molecular weight is 342 g/mol. The lowest BCUT2D eigenvalue weighted by molar-refractivity contribution is -0.145. The summed E-state index contributed by atoms with van der Waals surface area (Å²) in [6.45, 7) is 2.47. The standard InChI is InChI=1S/C18H18N2O3S/c1-11-20-16(10-24-11)13-4-2-12(3-5-13)8-9-19-17(21)14-6-7-15(14)18(22)23/h2-7,10,14-15H,8-9H2,1H3,(H,19,21)(H,22,23)/t14-,15+/m1/s1. The monoisotopic (exact) mass is 342 g/mol. The van der Waals surface area contributed by atoms with Crippen LogP contribution in [-0.4, -0.2) is 28.5 Å². The maximum absolute atomic E-state index is 11.9. The van der Waals surface area contributed by atoms with E-state index in [1.807, 2.05) is 36.6 Å². The van der Waals surface area contributed by atoms with Gasteiger partial charge in [-0.3, -0.25) is 9.59 Å². The first-order chi connectivity index (χ1) is 11.5. The summed E-state index contributed by atoms with van der Waals surface area (Å²) < 4.78 is 0. The molecule has 124 valence electrons. The summed E-state index contributed by atoms with van der Waals surface area (Å²) in [5.74, 6) is -2.41. The maximum Gasteiger partial charge on any atom is 0.311 e. The molecule has 0 saturated carbocycles. The molecule has 1 aromatic heterocycles. The third-order valence-corrected chi connectivity index (χ3v) is 4.86. The van der Waals surface area contributed by atoms with Crippen LogP contribution in [0.3, 0.4) is 0 Å². The van der Waals surface area contributed by atoms with Crippen LogP contribution in [0.1, 0.15) is 10.6 Å². The molecule has 0 bridgehead atoms. The number of carboxylic acids is 1. The molecule has 0 saturated heterocycles. The van der Waals surface area contributed by atoms with Gasteiger partial charge in [-0.25, -0.2) is 4.98 Å². The zero-order chi connectivity index (χ0) is 17.1. The van der Waals surface area contributed by atoms with Crippen LogP contribution in [0.15, 0.2) is 41.8 Å². The van der Waals surface area contributed by atoms with E-state index in [1.54, 1.807) is 23.5 Å². The molecule has 0 spiro atoms. The molecule has 0 aliphatic heterocycles. The van der Waals surface area contributed by atoms with Crippen LogP contribution in [0.4, 0.5) is 0 Å². The van der Waals surface area contributed by atoms with Crippen molar-refractivity contribution in [2.75, 3.05) is 6.54 Å². The van der Waals surface area contributed by atoms with Crippen LogP contribution in [0.2, 0.25) is 0 Å². The summed E-state index contributed by atoms with van der Waals surface area (Å²) in [4.78, 5) is 27.3. The van der Waals surface area contributed by atoms with Gasteiger partial charge in [-0.1, -0.05) is 36.4 Å². The highest BCUT2D eigenvalue weighted by Gasteiger charge is 2.35. The number of aryl methyl sites for hydroxylation is 1. The first kappa shape index (κ1) is 16.4. The Hall–Kier alpha value is -2.47. The Morgan fingerprint density at radius 3 is 2.46 bits per heavy atom. The van der Waals surface area contributed by atoms with Gasteiger partial charge in [0.1, 0.15) is 0 Å². The number of benzene rings is 1. The summed E-state index contributed by atoms with van der Waals surface area (Å²) in [5, 5.41) is 14.8. The van der Waals surface area contributed by atoms with Gasteiger partial charge >= 0.3 is 5.97 Å². The predicted molar refractivity (Wildman–Crippen MR) is 92.8 cm³/mol. The third kappa shape index (κ3) is 3.54. The summed E-state index contributed by atoms with van der Waals surface area (Å²) in [6.07, 6.45) is 3.89. The molecule has 2 atom stereocenters. The first-order valence-electron chi connectivity index (χ1n) is 7.75. The number of aromatic nitrogens is 1. The molecule has 1 amide bonds. The molecule has 1 aromatic carbocycles. The number of carbonyl (C=O) groups is 2. The maximum atomic E-state index is 11.9. The van der Waals surface area contributed by atoms with E-state index >= 15 is 0 Å². The molecule has 0 unspecified atom stereocenters. The number of nitrogens with one attached hydrogen (secondary N) is 1. The lowest BCUT2D eigenvalue weighted by atomic mass is 9.81. The highest BCUT2D eigenvalue weighted by Crippen LogP contribution is 2.26. The second-order valence-corrected chi connectivity index (χ2v) is 6.83. The number of hydrogen-bond donors (Lipinski definition) is 2. The van der Waals surface area contributed by atoms with Crippen LogP contribution in [-0.2, 0) is 16.0 Å². The van der Waals surface area contributed by atoms with E-state index in [9.17, 15) is 9.59 Å². The van der Waals surface area contributed by atoms with Crippen LogP contribution >= 0.6 is 11.3 Å². The smallest absolute Gasteiger partial charge is 0.311 e. The Bertz CT molecular complexity index is 780. The Morgan fingerprint density at radius 1 is 1.21 bits per heavy atom. The van der Waals surface area contributed by atoms with E-state index in [-0.39, 0.29) is 5.91 Å². The Kier molecular flexibility index (Phi) is 4.76. The van der Waals surface area contributed by atoms with Crippen molar-refractivity contribution in [2.45, 2.75) is 13.3 Å². The summed E-state index contributed by atoms with van der Waals surface area (Å²) in [6, 6.07) is 8.11. The van der Waals surface area contributed by atoms with Crippen molar-refractivity contribution in [3.63, 3.8) is 0 Å². The zero-order valence-electron chi connectivity index (χ0n) is 13.2. The van der Waals surface area contributed by atoms with Gasteiger partial charge < -0.3 is 10.4 Å². The van der Waals surface area contributed by atoms with Gasteiger partial charge in [-0.05, 0) is 18.9 Å². The first-order valence-corrected chi connectivity index (χ1v) is 8.63. The molecule has 24 heavy (non-hydrogen) atoms. The quantitative estimate of drug-likeness (QED) is 0.791. The molecular weight excluding hydrogens is 324 g/mol. The van der Waals surface area contributed by atoms with E-state index in [4.69, 9.17) is 5.11 Å². The largest absolute Gasteiger partial charge is 0.481 e. The lowest BCUT2D eigenvalue weighted by Gasteiger charge is -2.24. The number of aliphatic carboxylic acids is 1. The van der Waals surface area contributed by atoms with Crippen molar-refractivity contribution in [2.24, 2.45) is 11.8 Å². The van der Waals surface area contributed by atoms with E-state index in [0.29, 0.717) is 13.0 Å². The fourth-order valence-corrected chi connectivity index (χ4v) is 3.23. The minimum atomic E-state index is -0.953. The minimum Gasteiger partial charge on any atom is -0.481 e. The van der Waals surface area contributed by atoms with Gasteiger partial charge in [0, 0.05) is 17.5 Å². The van der Waals surface area contributed by atoms with E-state index in [2.05, 4.69) is 10.3 Å². The predicted octanol–water partition coefficient (Wildman–Crippen LogP) is 2.66. The molecule has 6 heteroatoms. The number of carbonyl (C=O) groups excluding carboxylic acids is 1. The second-order valence-electron chi connectivity index (χ2n) is 5.76. The van der Waals surface area contributed by atoms with Crippen molar-refractivity contribution >= 4 is 23.2 Å². The van der Waals surface area contributed by atoms with Crippen molar-refractivity contribution in [3.05, 3.63) is 52.4 Å². The Labute approximate surface area is 144 Å². The summed E-state index contributed by atoms with van der Waals surface area (Å²) >= 11 is 1.63. The topological polar surface area (TPSA) is 79.3 Å².